The minimum absolute atomic E-state index is 0.00208. The van der Waals surface area contributed by atoms with Gasteiger partial charge in [0.2, 0.25) is 5.91 Å². The molecule has 4 rings (SSSR count). The van der Waals surface area contributed by atoms with E-state index in [1.807, 2.05) is 13.0 Å². The zero-order valence-electron chi connectivity index (χ0n) is 13.5. The van der Waals surface area contributed by atoms with Crippen LogP contribution in [-0.4, -0.2) is 10.9 Å². The summed E-state index contributed by atoms with van der Waals surface area (Å²) in [7, 11) is 0. The van der Waals surface area contributed by atoms with E-state index < -0.39 is 0 Å². The summed E-state index contributed by atoms with van der Waals surface area (Å²) in [6, 6.07) is 6.55. The van der Waals surface area contributed by atoms with Crippen molar-refractivity contribution in [2.24, 2.45) is 0 Å². The van der Waals surface area contributed by atoms with Crippen LogP contribution in [0.4, 0.5) is 4.39 Å². The number of aromatic amines is 1. The smallest absolute Gasteiger partial charge is 0.224 e. The van der Waals surface area contributed by atoms with E-state index in [-0.39, 0.29) is 24.2 Å². The molecule has 0 saturated heterocycles. The number of furan rings is 1. The van der Waals surface area contributed by atoms with Gasteiger partial charge in [-0.3, -0.25) is 4.79 Å². The van der Waals surface area contributed by atoms with Gasteiger partial charge in [-0.2, -0.15) is 0 Å². The Morgan fingerprint density at radius 2 is 2.29 bits per heavy atom. The molecule has 0 fully saturated rings. The number of carbonyl (C=O) groups is 1. The second-order valence-electron chi connectivity index (χ2n) is 6.41. The number of halogens is 1. The number of hydrogen-bond donors (Lipinski definition) is 2. The first-order valence-electron chi connectivity index (χ1n) is 8.24. The number of benzene rings is 1. The van der Waals surface area contributed by atoms with Crippen LogP contribution in [0, 0.1) is 12.7 Å². The van der Waals surface area contributed by atoms with Crippen molar-refractivity contribution in [3.05, 3.63) is 58.9 Å². The minimum atomic E-state index is -0.293. The molecule has 1 amide bonds. The fourth-order valence-corrected chi connectivity index (χ4v) is 3.62. The van der Waals surface area contributed by atoms with Crippen molar-refractivity contribution in [1.29, 1.82) is 0 Å². The largest absolute Gasteiger partial charge is 0.469 e. The maximum absolute atomic E-state index is 13.5. The molecule has 1 aromatic carbocycles. The van der Waals surface area contributed by atoms with Gasteiger partial charge in [0, 0.05) is 28.6 Å². The van der Waals surface area contributed by atoms with E-state index in [9.17, 15) is 9.18 Å². The van der Waals surface area contributed by atoms with Crippen molar-refractivity contribution in [3.63, 3.8) is 0 Å². The normalized spacial score (nSPS) is 17.0. The summed E-state index contributed by atoms with van der Waals surface area (Å²) in [5.74, 6) is 0.623. The fraction of sp³-hybridized carbons (Fsp3) is 0.316. The molecule has 1 unspecified atom stereocenters. The molecule has 0 spiro atoms. The number of H-pyrrole nitrogens is 1. The zero-order valence-corrected chi connectivity index (χ0v) is 13.5. The minimum Gasteiger partial charge on any atom is -0.469 e. The van der Waals surface area contributed by atoms with Crippen LogP contribution in [0.1, 0.15) is 41.5 Å². The molecular weight excluding hydrogens is 307 g/mol. The quantitative estimate of drug-likeness (QED) is 0.766. The molecule has 124 valence electrons. The monoisotopic (exact) mass is 326 g/mol. The Hall–Kier alpha value is -2.56. The van der Waals surface area contributed by atoms with Crippen LogP contribution in [0.5, 0.6) is 0 Å². The maximum Gasteiger partial charge on any atom is 0.224 e. The standard InChI is InChI=1S/C19H19FN2O2/c1-11-14(15-9-12(20)5-6-17(15)21-11)10-19(23)22-16-3-2-4-18-13(16)7-8-24-18/h5-9,16,21H,2-4,10H2,1H3,(H,22,23). The molecule has 5 heteroatoms. The highest BCUT2D eigenvalue weighted by Gasteiger charge is 2.24. The van der Waals surface area contributed by atoms with Gasteiger partial charge in [-0.25, -0.2) is 4.39 Å². The van der Waals surface area contributed by atoms with E-state index >= 15 is 0 Å². The van der Waals surface area contributed by atoms with E-state index in [4.69, 9.17) is 4.42 Å². The summed E-state index contributed by atoms with van der Waals surface area (Å²) in [6.45, 7) is 1.91. The van der Waals surface area contributed by atoms with Gasteiger partial charge >= 0.3 is 0 Å². The van der Waals surface area contributed by atoms with Crippen molar-refractivity contribution in [2.45, 2.75) is 38.6 Å². The third kappa shape index (κ3) is 2.60. The fourth-order valence-electron chi connectivity index (χ4n) is 3.62. The van der Waals surface area contributed by atoms with Crippen molar-refractivity contribution in [2.75, 3.05) is 0 Å². The van der Waals surface area contributed by atoms with Gasteiger partial charge in [0.15, 0.2) is 0 Å². The molecular formula is C19H19FN2O2. The topological polar surface area (TPSA) is 58.0 Å². The van der Waals surface area contributed by atoms with Crippen LogP contribution in [0.25, 0.3) is 10.9 Å². The predicted molar refractivity (Wildman–Crippen MR) is 89.2 cm³/mol. The Kier molecular flexibility index (Phi) is 3.63. The molecule has 2 N–H and O–H groups in total. The molecule has 3 aromatic rings. The summed E-state index contributed by atoms with van der Waals surface area (Å²) >= 11 is 0. The van der Waals surface area contributed by atoms with Gasteiger partial charge in [0.05, 0.1) is 18.7 Å². The number of hydrogen-bond acceptors (Lipinski definition) is 2. The van der Waals surface area contributed by atoms with Crippen LogP contribution in [0.2, 0.25) is 0 Å². The molecule has 4 nitrogen and oxygen atoms in total. The summed E-state index contributed by atoms with van der Waals surface area (Å²) in [4.78, 5) is 15.8. The molecule has 1 atom stereocenters. The van der Waals surface area contributed by atoms with E-state index in [0.29, 0.717) is 0 Å². The highest BCUT2D eigenvalue weighted by atomic mass is 19.1. The Labute approximate surface area is 139 Å². The lowest BCUT2D eigenvalue weighted by molar-refractivity contribution is -0.121. The SMILES string of the molecule is Cc1[nH]c2ccc(F)cc2c1CC(=O)NC1CCCc2occc21. The third-order valence-electron chi connectivity index (χ3n) is 4.81. The van der Waals surface area contributed by atoms with Gasteiger partial charge in [0.1, 0.15) is 11.6 Å². The highest BCUT2D eigenvalue weighted by molar-refractivity contribution is 5.90. The molecule has 1 aliphatic carbocycles. The summed E-state index contributed by atoms with van der Waals surface area (Å²) in [5, 5.41) is 3.87. The first-order valence-corrected chi connectivity index (χ1v) is 8.24. The molecule has 0 radical (unpaired) electrons. The van der Waals surface area contributed by atoms with Gasteiger partial charge in [0.25, 0.3) is 0 Å². The predicted octanol–water partition coefficient (Wildman–Crippen LogP) is 3.94. The van der Waals surface area contributed by atoms with Gasteiger partial charge < -0.3 is 14.7 Å². The van der Waals surface area contributed by atoms with Crippen LogP contribution in [0.15, 0.2) is 34.9 Å². The second-order valence-corrected chi connectivity index (χ2v) is 6.41. The molecule has 0 aliphatic heterocycles. The van der Waals surface area contributed by atoms with Crippen LogP contribution in [0.3, 0.4) is 0 Å². The van der Waals surface area contributed by atoms with E-state index in [2.05, 4.69) is 10.3 Å². The number of aromatic nitrogens is 1. The number of carbonyl (C=O) groups excluding carboxylic acids is 1. The van der Waals surface area contributed by atoms with Crippen molar-refractivity contribution >= 4 is 16.8 Å². The average molecular weight is 326 g/mol. The first-order chi connectivity index (χ1) is 11.6. The summed E-state index contributed by atoms with van der Waals surface area (Å²) in [5.41, 5.74) is 3.69. The third-order valence-corrected chi connectivity index (χ3v) is 4.81. The molecule has 0 saturated carbocycles. The van der Waals surface area contributed by atoms with E-state index in [1.54, 1.807) is 12.3 Å². The van der Waals surface area contributed by atoms with Crippen LogP contribution < -0.4 is 5.32 Å². The lowest BCUT2D eigenvalue weighted by Gasteiger charge is -2.22. The average Bonchev–Trinajstić information content (AvgIpc) is 3.14. The number of amides is 1. The molecule has 2 aromatic heterocycles. The first kappa shape index (κ1) is 15.0. The number of fused-ring (bicyclic) bond motifs is 2. The number of aryl methyl sites for hydroxylation is 2. The molecule has 1 aliphatic rings. The number of rotatable bonds is 3. The van der Waals surface area contributed by atoms with Crippen molar-refractivity contribution in [3.8, 4) is 0 Å². The van der Waals surface area contributed by atoms with Crippen LogP contribution >= 0.6 is 0 Å². The lowest BCUT2D eigenvalue weighted by Crippen LogP contribution is -2.31. The number of nitrogens with one attached hydrogen (secondary N) is 2. The summed E-state index contributed by atoms with van der Waals surface area (Å²) in [6.07, 6.45) is 4.76. The van der Waals surface area contributed by atoms with Crippen LogP contribution in [-0.2, 0) is 17.6 Å². The Balaban J connectivity index is 1.55. The maximum atomic E-state index is 13.5. The molecule has 0 bridgehead atoms. The van der Waals surface area contributed by atoms with E-state index in [0.717, 1.165) is 52.7 Å². The van der Waals surface area contributed by atoms with Gasteiger partial charge in [-0.05, 0) is 49.6 Å². The van der Waals surface area contributed by atoms with Gasteiger partial charge in [-0.15, -0.1) is 0 Å². The van der Waals surface area contributed by atoms with Gasteiger partial charge in [-0.1, -0.05) is 0 Å². The van der Waals surface area contributed by atoms with E-state index in [1.165, 1.54) is 12.1 Å². The Bertz CT molecular complexity index is 909. The Morgan fingerprint density at radius 3 is 3.17 bits per heavy atom. The lowest BCUT2D eigenvalue weighted by atomic mass is 9.93. The Morgan fingerprint density at radius 1 is 1.42 bits per heavy atom. The molecule has 2 heterocycles. The second kappa shape index (κ2) is 5.82. The summed E-state index contributed by atoms with van der Waals surface area (Å²) < 4.78 is 19.0. The van der Waals surface area contributed by atoms with Crippen molar-refractivity contribution in [1.82, 2.24) is 10.3 Å². The highest BCUT2D eigenvalue weighted by Crippen LogP contribution is 2.31. The van der Waals surface area contributed by atoms with Crippen molar-refractivity contribution < 1.29 is 13.6 Å². The zero-order chi connectivity index (χ0) is 16.7. The molecule has 24 heavy (non-hydrogen) atoms.